The first-order valence-corrected chi connectivity index (χ1v) is 13.7. The van der Waals surface area contributed by atoms with Crippen molar-refractivity contribution in [1.82, 2.24) is 9.69 Å². The van der Waals surface area contributed by atoms with E-state index < -0.39 is 17.9 Å². The number of amides is 3. The summed E-state index contributed by atoms with van der Waals surface area (Å²) >= 11 is 0.791. The fourth-order valence-electron chi connectivity index (χ4n) is 4.10. The van der Waals surface area contributed by atoms with Gasteiger partial charge < -0.3 is 21.7 Å². The molecule has 208 valence electrons. The molecule has 0 saturated carbocycles. The van der Waals surface area contributed by atoms with Crippen LogP contribution in [0.3, 0.4) is 0 Å². The number of carbonyl (C=O) groups is 3. The van der Waals surface area contributed by atoms with Crippen LogP contribution in [0.5, 0.6) is 0 Å². The molecular weight excluding hydrogens is 512 g/mol. The predicted molar refractivity (Wildman–Crippen MR) is 158 cm³/mol. The van der Waals surface area contributed by atoms with Gasteiger partial charge in [-0.05, 0) is 65.2 Å². The van der Waals surface area contributed by atoms with Gasteiger partial charge in [-0.2, -0.15) is 4.37 Å². The molecule has 39 heavy (non-hydrogen) atoms. The van der Waals surface area contributed by atoms with Crippen molar-refractivity contribution in [3.63, 3.8) is 0 Å². The van der Waals surface area contributed by atoms with E-state index in [0.717, 1.165) is 29.2 Å². The second-order valence-corrected chi connectivity index (χ2v) is 11.2. The third-order valence-corrected chi connectivity index (χ3v) is 7.32. The highest BCUT2D eigenvalue weighted by Crippen LogP contribution is 2.34. The minimum Gasteiger partial charge on any atom is -0.395 e. The molecule has 0 radical (unpaired) electrons. The second-order valence-electron chi connectivity index (χ2n) is 10.4. The molecule has 0 bridgehead atoms. The van der Waals surface area contributed by atoms with Crippen molar-refractivity contribution >= 4 is 46.3 Å². The van der Waals surface area contributed by atoms with Crippen LogP contribution in [0, 0.1) is 5.92 Å². The van der Waals surface area contributed by atoms with Crippen LogP contribution in [0.15, 0.2) is 48.5 Å². The molecule has 1 aromatic heterocycles. The van der Waals surface area contributed by atoms with E-state index in [1.165, 1.54) is 4.90 Å². The smallest absolute Gasteiger partial charge is 0.273 e. The van der Waals surface area contributed by atoms with E-state index in [0.29, 0.717) is 23.7 Å². The normalized spacial score (nSPS) is 11.9. The molecule has 0 spiro atoms. The van der Waals surface area contributed by atoms with Crippen molar-refractivity contribution in [3.05, 3.63) is 70.2 Å². The maximum atomic E-state index is 14.2. The van der Waals surface area contributed by atoms with E-state index in [1.807, 2.05) is 67.5 Å². The molecule has 1 heterocycles. The number of nitrogen functional groups attached to an aromatic ring is 1. The van der Waals surface area contributed by atoms with Crippen LogP contribution in [0.2, 0.25) is 0 Å². The molecule has 0 saturated heterocycles. The summed E-state index contributed by atoms with van der Waals surface area (Å²) in [6.07, 6.45) is 0.790. The van der Waals surface area contributed by atoms with Crippen LogP contribution in [0.1, 0.15) is 77.4 Å². The van der Waals surface area contributed by atoms with E-state index in [1.54, 1.807) is 0 Å². The van der Waals surface area contributed by atoms with Crippen LogP contribution in [0.4, 0.5) is 17.1 Å². The van der Waals surface area contributed by atoms with Gasteiger partial charge in [0.1, 0.15) is 10.9 Å². The molecule has 1 atom stereocenters. The summed E-state index contributed by atoms with van der Waals surface area (Å²) in [5.41, 5.74) is 14.5. The van der Waals surface area contributed by atoms with Gasteiger partial charge in [0, 0.05) is 32.0 Å². The number of hydrogen-bond donors (Lipinski definition) is 3. The fourth-order valence-corrected chi connectivity index (χ4v) is 4.84. The molecule has 10 heteroatoms. The van der Waals surface area contributed by atoms with Crippen molar-refractivity contribution in [3.8, 4) is 0 Å². The van der Waals surface area contributed by atoms with Gasteiger partial charge in [0.2, 0.25) is 5.91 Å². The van der Waals surface area contributed by atoms with Crippen LogP contribution < -0.4 is 26.6 Å². The molecule has 3 amide bonds. The van der Waals surface area contributed by atoms with Gasteiger partial charge in [0.05, 0.1) is 5.69 Å². The lowest BCUT2D eigenvalue weighted by Crippen LogP contribution is -2.44. The topological polar surface area (TPSA) is 135 Å². The number of carbonyl (C=O) groups excluding carboxylic acids is 3. The standard InChI is InChI=1S/C29H38N6O3S/c1-17(2)15-16-32-28(37)25(20-9-11-21(12-10-20)34(5)6)35(22-13-7-19(8-14-22)18(3)4)29(38)26-23(30)24(27(31)36)33-39-26/h7-14,17-18,25H,15-16,30H2,1-6H3,(H2,31,36)(H,32,37)/t25-/m0/s1. The van der Waals surface area contributed by atoms with E-state index in [2.05, 4.69) is 37.4 Å². The zero-order valence-electron chi connectivity index (χ0n) is 23.4. The summed E-state index contributed by atoms with van der Waals surface area (Å²) in [6, 6.07) is 14.0. The average Bonchev–Trinajstić information content (AvgIpc) is 3.28. The first kappa shape index (κ1) is 29.6. The number of aromatic nitrogens is 1. The van der Waals surface area contributed by atoms with E-state index in [9.17, 15) is 14.4 Å². The Balaban J connectivity index is 2.18. The summed E-state index contributed by atoms with van der Waals surface area (Å²) in [4.78, 5) is 43.2. The van der Waals surface area contributed by atoms with Gasteiger partial charge in [0.25, 0.3) is 11.8 Å². The zero-order chi connectivity index (χ0) is 28.9. The quantitative estimate of drug-likeness (QED) is 0.320. The van der Waals surface area contributed by atoms with Crippen molar-refractivity contribution < 1.29 is 14.4 Å². The highest BCUT2D eigenvalue weighted by Gasteiger charge is 2.36. The number of nitrogens with zero attached hydrogens (tertiary/aromatic N) is 3. The van der Waals surface area contributed by atoms with Gasteiger partial charge in [0.15, 0.2) is 5.69 Å². The molecule has 0 aliphatic heterocycles. The number of benzene rings is 2. The van der Waals surface area contributed by atoms with Gasteiger partial charge >= 0.3 is 0 Å². The Morgan fingerprint density at radius 3 is 1.97 bits per heavy atom. The number of nitrogens with one attached hydrogen (secondary N) is 1. The molecular formula is C29H38N6O3S. The summed E-state index contributed by atoms with van der Waals surface area (Å²) in [7, 11) is 3.86. The molecule has 0 aliphatic carbocycles. The van der Waals surface area contributed by atoms with Gasteiger partial charge in [-0.1, -0.05) is 52.0 Å². The minimum atomic E-state index is -1.01. The Labute approximate surface area is 234 Å². The number of primary amides is 1. The number of anilines is 3. The molecule has 9 nitrogen and oxygen atoms in total. The largest absolute Gasteiger partial charge is 0.395 e. The van der Waals surface area contributed by atoms with Gasteiger partial charge in [-0.25, -0.2) is 0 Å². The predicted octanol–water partition coefficient (Wildman–Crippen LogP) is 4.56. The van der Waals surface area contributed by atoms with Crippen LogP contribution in [-0.4, -0.2) is 42.7 Å². The zero-order valence-corrected chi connectivity index (χ0v) is 24.2. The maximum Gasteiger partial charge on any atom is 0.273 e. The molecule has 0 unspecified atom stereocenters. The lowest BCUT2D eigenvalue weighted by Gasteiger charge is -2.32. The fraction of sp³-hybridized carbons (Fsp3) is 0.379. The van der Waals surface area contributed by atoms with Crippen molar-refractivity contribution in [2.75, 3.05) is 36.2 Å². The SMILES string of the molecule is CC(C)CCNC(=O)[C@H](c1ccc(N(C)C)cc1)N(C(=O)c1snc(C(N)=O)c1N)c1ccc(C(C)C)cc1. The lowest BCUT2D eigenvalue weighted by atomic mass is 9.99. The molecule has 0 fully saturated rings. The highest BCUT2D eigenvalue weighted by molar-refractivity contribution is 7.09. The molecule has 3 aromatic rings. The Bertz CT molecular complexity index is 1300. The Morgan fingerprint density at radius 1 is 0.923 bits per heavy atom. The first-order valence-electron chi connectivity index (χ1n) is 13.0. The van der Waals surface area contributed by atoms with Crippen LogP contribution in [-0.2, 0) is 4.79 Å². The van der Waals surface area contributed by atoms with Crippen molar-refractivity contribution in [1.29, 1.82) is 0 Å². The lowest BCUT2D eigenvalue weighted by molar-refractivity contribution is -0.122. The Hall–Kier alpha value is -3.92. The number of rotatable bonds is 11. The summed E-state index contributed by atoms with van der Waals surface area (Å²) in [5.74, 6) is -1.01. The molecule has 0 aliphatic rings. The van der Waals surface area contributed by atoms with Gasteiger partial charge in [-0.3, -0.25) is 19.3 Å². The molecule has 3 rings (SSSR count). The van der Waals surface area contributed by atoms with Crippen LogP contribution >= 0.6 is 11.5 Å². The van der Waals surface area contributed by atoms with E-state index in [4.69, 9.17) is 11.5 Å². The number of hydrogen-bond acceptors (Lipinski definition) is 7. The van der Waals surface area contributed by atoms with Crippen molar-refractivity contribution in [2.24, 2.45) is 11.7 Å². The van der Waals surface area contributed by atoms with Gasteiger partial charge in [-0.15, -0.1) is 0 Å². The highest BCUT2D eigenvalue weighted by atomic mass is 32.1. The Morgan fingerprint density at radius 2 is 1.49 bits per heavy atom. The van der Waals surface area contributed by atoms with Crippen molar-refractivity contribution in [2.45, 2.75) is 46.1 Å². The summed E-state index contributed by atoms with van der Waals surface area (Å²) in [5, 5.41) is 3.01. The van der Waals surface area contributed by atoms with E-state index in [-0.39, 0.29) is 28.1 Å². The Kier molecular flexibility index (Phi) is 9.69. The third kappa shape index (κ3) is 6.94. The summed E-state index contributed by atoms with van der Waals surface area (Å²) in [6.45, 7) is 8.79. The monoisotopic (exact) mass is 550 g/mol. The third-order valence-electron chi connectivity index (χ3n) is 6.47. The second kappa shape index (κ2) is 12.8. The maximum absolute atomic E-state index is 14.2. The minimum absolute atomic E-state index is 0.0432. The summed E-state index contributed by atoms with van der Waals surface area (Å²) < 4.78 is 4.02. The molecule has 5 N–H and O–H groups in total. The number of nitrogens with two attached hydrogens (primary N) is 2. The van der Waals surface area contributed by atoms with E-state index >= 15 is 0 Å². The molecule has 2 aromatic carbocycles. The van der Waals surface area contributed by atoms with Crippen LogP contribution in [0.25, 0.3) is 0 Å². The average molecular weight is 551 g/mol. The first-order chi connectivity index (χ1) is 18.4.